The van der Waals surface area contributed by atoms with Gasteiger partial charge in [-0.1, -0.05) is 49.0 Å². The molecule has 1 nitrogen and oxygen atoms in total. The summed E-state index contributed by atoms with van der Waals surface area (Å²) in [5.41, 5.74) is 7.07. The van der Waals surface area contributed by atoms with Crippen LogP contribution < -0.4 is 5.73 Å². The largest absolute Gasteiger partial charge is 0.331 e. The molecule has 0 heterocycles. The Labute approximate surface area is 94.1 Å². The van der Waals surface area contributed by atoms with Crippen LogP contribution in [0, 0.1) is 0 Å². The molecule has 1 aromatic carbocycles. The van der Waals surface area contributed by atoms with Gasteiger partial charge < -0.3 is 5.73 Å². The second-order valence-corrected chi connectivity index (χ2v) is 9.55. The third-order valence-electron chi connectivity index (χ3n) is 2.35. The SMILES string of the molecule is C[Si](C)(CCN)Cc1ccccc1.Cl. The molecule has 14 heavy (non-hydrogen) atoms. The van der Waals surface area contributed by atoms with Crippen molar-refractivity contribution in [2.24, 2.45) is 5.73 Å². The zero-order valence-electron chi connectivity index (χ0n) is 8.99. The molecule has 1 aromatic rings. The van der Waals surface area contributed by atoms with Crippen LogP contribution in [0.5, 0.6) is 0 Å². The molecule has 0 bridgehead atoms. The molecule has 0 aromatic heterocycles. The highest BCUT2D eigenvalue weighted by atomic mass is 35.5. The van der Waals surface area contributed by atoms with E-state index in [1.54, 1.807) is 0 Å². The van der Waals surface area contributed by atoms with Crippen LogP contribution in [0.4, 0.5) is 0 Å². The molecule has 2 N–H and O–H groups in total. The van der Waals surface area contributed by atoms with Crippen molar-refractivity contribution < 1.29 is 0 Å². The molecule has 0 saturated heterocycles. The van der Waals surface area contributed by atoms with Crippen LogP contribution >= 0.6 is 12.4 Å². The highest BCUT2D eigenvalue weighted by Crippen LogP contribution is 2.15. The summed E-state index contributed by atoms with van der Waals surface area (Å²) in [5, 5.41) is 0. The number of halogens is 1. The quantitative estimate of drug-likeness (QED) is 0.790. The van der Waals surface area contributed by atoms with E-state index in [0.29, 0.717) is 0 Å². The first-order valence-electron chi connectivity index (χ1n) is 4.88. The second kappa shape index (κ2) is 6.22. The average molecular weight is 230 g/mol. The van der Waals surface area contributed by atoms with E-state index in [2.05, 4.69) is 43.4 Å². The van der Waals surface area contributed by atoms with E-state index in [0.717, 1.165) is 6.54 Å². The number of hydrogen-bond acceptors (Lipinski definition) is 1. The van der Waals surface area contributed by atoms with E-state index in [1.165, 1.54) is 17.7 Å². The zero-order chi connectivity index (χ0) is 9.73. The average Bonchev–Trinajstić information content (AvgIpc) is 2.04. The van der Waals surface area contributed by atoms with Gasteiger partial charge in [0.2, 0.25) is 0 Å². The predicted octanol–water partition coefficient (Wildman–Crippen LogP) is 2.86. The lowest BCUT2D eigenvalue weighted by atomic mass is 10.2. The molecular weight excluding hydrogens is 210 g/mol. The summed E-state index contributed by atoms with van der Waals surface area (Å²) in [6.07, 6.45) is 0. The molecule has 0 amide bonds. The van der Waals surface area contributed by atoms with Gasteiger partial charge in [-0.25, -0.2) is 0 Å². The summed E-state index contributed by atoms with van der Waals surface area (Å²) in [6, 6.07) is 13.2. The fraction of sp³-hybridized carbons (Fsp3) is 0.455. The number of rotatable bonds is 4. The fourth-order valence-corrected chi connectivity index (χ4v) is 3.93. The van der Waals surface area contributed by atoms with Crippen molar-refractivity contribution in [1.82, 2.24) is 0 Å². The van der Waals surface area contributed by atoms with Crippen LogP contribution in [0.1, 0.15) is 5.56 Å². The van der Waals surface area contributed by atoms with Crippen molar-refractivity contribution in [2.45, 2.75) is 25.2 Å². The van der Waals surface area contributed by atoms with Gasteiger partial charge in [0.15, 0.2) is 0 Å². The van der Waals surface area contributed by atoms with Gasteiger partial charge in [-0.2, -0.15) is 0 Å². The number of nitrogens with two attached hydrogens (primary N) is 1. The lowest BCUT2D eigenvalue weighted by Gasteiger charge is -2.21. The highest BCUT2D eigenvalue weighted by Gasteiger charge is 2.19. The monoisotopic (exact) mass is 229 g/mol. The van der Waals surface area contributed by atoms with Gasteiger partial charge in [-0.15, -0.1) is 12.4 Å². The minimum atomic E-state index is -1.07. The summed E-state index contributed by atoms with van der Waals surface area (Å²) >= 11 is 0. The summed E-state index contributed by atoms with van der Waals surface area (Å²) in [7, 11) is -1.07. The zero-order valence-corrected chi connectivity index (χ0v) is 10.8. The summed E-state index contributed by atoms with van der Waals surface area (Å²) in [4.78, 5) is 0. The van der Waals surface area contributed by atoms with E-state index in [9.17, 15) is 0 Å². The van der Waals surface area contributed by atoms with Gasteiger partial charge in [0, 0.05) is 0 Å². The Balaban J connectivity index is 0.00000169. The van der Waals surface area contributed by atoms with Crippen LogP contribution in [-0.2, 0) is 6.04 Å². The van der Waals surface area contributed by atoms with Crippen LogP contribution in [0.2, 0.25) is 19.1 Å². The van der Waals surface area contributed by atoms with Gasteiger partial charge >= 0.3 is 0 Å². The van der Waals surface area contributed by atoms with E-state index < -0.39 is 8.07 Å². The molecule has 0 spiro atoms. The second-order valence-electron chi connectivity index (χ2n) is 4.37. The maximum absolute atomic E-state index is 5.60. The van der Waals surface area contributed by atoms with Crippen LogP contribution in [0.3, 0.4) is 0 Å². The fourth-order valence-electron chi connectivity index (χ4n) is 1.63. The van der Waals surface area contributed by atoms with E-state index >= 15 is 0 Å². The lowest BCUT2D eigenvalue weighted by molar-refractivity contribution is 1.07. The molecule has 3 heteroatoms. The van der Waals surface area contributed by atoms with Crippen molar-refractivity contribution in [3.8, 4) is 0 Å². The molecule has 0 atom stereocenters. The first-order chi connectivity index (χ1) is 6.14. The van der Waals surface area contributed by atoms with Crippen LogP contribution in [0.15, 0.2) is 30.3 Å². The van der Waals surface area contributed by atoms with Crippen LogP contribution in [0.25, 0.3) is 0 Å². The Morgan fingerprint density at radius 1 is 1.14 bits per heavy atom. The van der Waals surface area contributed by atoms with Crippen LogP contribution in [-0.4, -0.2) is 14.6 Å². The molecule has 0 fully saturated rings. The molecule has 0 radical (unpaired) electrons. The van der Waals surface area contributed by atoms with Gasteiger partial charge in [-0.3, -0.25) is 0 Å². The van der Waals surface area contributed by atoms with Gasteiger partial charge in [0.25, 0.3) is 0 Å². The van der Waals surface area contributed by atoms with Gasteiger partial charge in [0.1, 0.15) is 0 Å². The molecule has 0 unspecified atom stereocenters. The maximum Gasteiger partial charge on any atom is 0.0530 e. The van der Waals surface area contributed by atoms with Gasteiger partial charge in [-0.05, 0) is 18.6 Å². The van der Waals surface area contributed by atoms with E-state index in [1.807, 2.05) is 0 Å². The standard InChI is InChI=1S/C11H19NSi.ClH/c1-13(2,9-8-12)10-11-6-4-3-5-7-11;/h3-7H,8-10,12H2,1-2H3;1H. The normalized spacial score (nSPS) is 10.8. The Morgan fingerprint density at radius 3 is 2.21 bits per heavy atom. The molecule has 0 aliphatic rings. The minimum absolute atomic E-state index is 0. The van der Waals surface area contributed by atoms with Crippen molar-refractivity contribution in [3.63, 3.8) is 0 Å². The topological polar surface area (TPSA) is 26.0 Å². The summed E-state index contributed by atoms with van der Waals surface area (Å²) < 4.78 is 0. The molecule has 0 aliphatic heterocycles. The van der Waals surface area contributed by atoms with E-state index in [-0.39, 0.29) is 12.4 Å². The number of benzene rings is 1. The third-order valence-corrected chi connectivity index (χ3v) is 5.35. The van der Waals surface area contributed by atoms with Gasteiger partial charge in [0.05, 0.1) is 8.07 Å². The van der Waals surface area contributed by atoms with Crippen molar-refractivity contribution >= 4 is 20.5 Å². The highest BCUT2D eigenvalue weighted by molar-refractivity contribution is 6.76. The lowest BCUT2D eigenvalue weighted by Crippen LogP contribution is -2.31. The predicted molar refractivity (Wildman–Crippen MR) is 68.7 cm³/mol. The van der Waals surface area contributed by atoms with Crippen molar-refractivity contribution in [2.75, 3.05) is 6.54 Å². The van der Waals surface area contributed by atoms with Crippen molar-refractivity contribution in [3.05, 3.63) is 35.9 Å². The smallest absolute Gasteiger partial charge is 0.0530 e. The first kappa shape index (κ1) is 13.7. The Morgan fingerprint density at radius 2 is 1.71 bits per heavy atom. The Kier molecular flexibility index (Phi) is 6.08. The molecular formula is C11H20ClNSi. The minimum Gasteiger partial charge on any atom is -0.331 e. The Bertz CT molecular complexity index is 249. The van der Waals surface area contributed by atoms with Crippen molar-refractivity contribution in [1.29, 1.82) is 0 Å². The maximum atomic E-state index is 5.60. The molecule has 80 valence electrons. The third kappa shape index (κ3) is 4.79. The summed E-state index contributed by atoms with van der Waals surface area (Å²) in [6.45, 7) is 5.66. The van der Waals surface area contributed by atoms with E-state index in [4.69, 9.17) is 5.73 Å². The number of hydrogen-bond donors (Lipinski definition) is 1. The molecule has 0 aliphatic carbocycles. The summed E-state index contributed by atoms with van der Waals surface area (Å²) in [5.74, 6) is 0. The first-order valence-corrected chi connectivity index (χ1v) is 8.29. The Hall–Kier alpha value is -0.313. The molecule has 0 saturated carbocycles. The molecule has 1 rings (SSSR count).